The molecular weight excluding hydrogens is 298 g/mol. The molecule has 1 N–H and O–H groups in total. The van der Waals surface area contributed by atoms with Crippen molar-refractivity contribution in [3.8, 4) is 0 Å². The molecule has 22 heavy (non-hydrogen) atoms. The number of aliphatic hydroxyl groups excluding tert-OH is 1. The van der Waals surface area contributed by atoms with Gasteiger partial charge in [0.05, 0.1) is 0 Å². The van der Waals surface area contributed by atoms with Crippen LogP contribution >= 0.6 is 0 Å². The first-order chi connectivity index (χ1) is 10.4. The monoisotopic (exact) mass is 323 g/mol. The average Bonchev–Trinajstić information content (AvgIpc) is 2.54. The predicted octanol–water partition coefficient (Wildman–Crippen LogP) is 2.78. The quantitative estimate of drug-likeness (QED) is 0.906. The lowest BCUT2D eigenvalue weighted by molar-refractivity contribution is 0.0651. The SMILES string of the molecule is CCC1(CO)CCN(S(=O)(=O)/C=C/c2ccc(C)cc2)CC1. The van der Waals surface area contributed by atoms with Gasteiger partial charge in [-0.2, -0.15) is 4.31 Å². The molecule has 0 unspecified atom stereocenters. The summed E-state index contributed by atoms with van der Waals surface area (Å²) in [7, 11) is -3.39. The van der Waals surface area contributed by atoms with Crippen molar-refractivity contribution in [2.75, 3.05) is 19.7 Å². The van der Waals surface area contributed by atoms with Crippen molar-refractivity contribution < 1.29 is 13.5 Å². The molecule has 1 heterocycles. The maximum Gasteiger partial charge on any atom is 0.236 e. The molecule has 1 aromatic carbocycles. The Balaban J connectivity index is 2.04. The molecule has 0 spiro atoms. The summed E-state index contributed by atoms with van der Waals surface area (Å²) in [5.74, 6) is 0. The van der Waals surface area contributed by atoms with E-state index in [2.05, 4.69) is 6.92 Å². The molecule has 0 atom stereocenters. The van der Waals surface area contributed by atoms with E-state index in [-0.39, 0.29) is 12.0 Å². The van der Waals surface area contributed by atoms with Gasteiger partial charge in [0.2, 0.25) is 10.0 Å². The number of benzene rings is 1. The normalized spacial score (nSPS) is 19.6. The minimum atomic E-state index is -3.39. The number of rotatable bonds is 5. The van der Waals surface area contributed by atoms with Gasteiger partial charge in [-0.25, -0.2) is 8.42 Å². The highest BCUT2D eigenvalue weighted by atomic mass is 32.2. The van der Waals surface area contributed by atoms with Crippen molar-refractivity contribution >= 4 is 16.1 Å². The van der Waals surface area contributed by atoms with Gasteiger partial charge in [0.15, 0.2) is 0 Å². The van der Waals surface area contributed by atoms with E-state index in [9.17, 15) is 13.5 Å². The van der Waals surface area contributed by atoms with E-state index in [4.69, 9.17) is 0 Å². The summed E-state index contributed by atoms with van der Waals surface area (Å²) in [5.41, 5.74) is 1.92. The summed E-state index contributed by atoms with van der Waals surface area (Å²) >= 11 is 0. The molecule has 1 aliphatic rings. The Bertz CT molecular complexity index is 606. The summed E-state index contributed by atoms with van der Waals surface area (Å²) < 4.78 is 26.3. The molecular formula is C17H25NO3S. The molecule has 4 nitrogen and oxygen atoms in total. The highest BCUT2D eigenvalue weighted by molar-refractivity contribution is 7.92. The van der Waals surface area contributed by atoms with Crippen molar-refractivity contribution in [1.82, 2.24) is 4.31 Å². The van der Waals surface area contributed by atoms with Crippen LogP contribution in [0.15, 0.2) is 29.7 Å². The fourth-order valence-corrected chi connectivity index (χ4v) is 3.96. The van der Waals surface area contributed by atoms with E-state index in [1.165, 1.54) is 9.71 Å². The molecule has 0 radical (unpaired) electrons. The molecule has 1 saturated heterocycles. The Morgan fingerprint density at radius 2 is 1.82 bits per heavy atom. The first-order valence-electron chi connectivity index (χ1n) is 7.76. The highest BCUT2D eigenvalue weighted by Crippen LogP contribution is 2.35. The lowest BCUT2D eigenvalue weighted by atomic mass is 9.77. The van der Waals surface area contributed by atoms with Gasteiger partial charge in [0, 0.05) is 25.1 Å². The number of nitrogens with zero attached hydrogens (tertiary/aromatic N) is 1. The highest BCUT2D eigenvalue weighted by Gasteiger charge is 2.35. The Hall–Kier alpha value is -1.17. The first kappa shape index (κ1) is 17.2. The second-order valence-corrected chi connectivity index (χ2v) is 7.99. The summed E-state index contributed by atoms with van der Waals surface area (Å²) in [6.45, 7) is 5.15. The molecule has 0 bridgehead atoms. The van der Waals surface area contributed by atoms with Gasteiger partial charge in [-0.05, 0) is 43.2 Å². The predicted molar refractivity (Wildman–Crippen MR) is 89.7 cm³/mol. The van der Waals surface area contributed by atoms with Crippen LogP contribution in [0.3, 0.4) is 0 Å². The smallest absolute Gasteiger partial charge is 0.236 e. The second kappa shape index (κ2) is 6.94. The molecule has 1 aromatic rings. The van der Waals surface area contributed by atoms with E-state index in [0.29, 0.717) is 13.1 Å². The third-order valence-corrected chi connectivity index (χ3v) is 6.30. The number of sulfonamides is 1. The molecule has 1 aliphatic heterocycles. The van der Waals surface area contributed by atoms with Crippen LogP contribution in [0.25, 0.3) is 6.08 Å². The zero-order valence-corrected chi connectivity index (χ0v) is 14.1. The Morgan fingerprint density at radius 3 is 2.32 bits per heavy atom. The van der Waals surface area contributed by atoms with Crippen LogP contribution in [0.2, 0.25) is 0 Å². The Labute approximate surface area is 133 Å². The molecule has 0 saturated carbocycles. The van der Waals surface area contributed by atoms with E-state index in [0.717, 1.165) is 30.4 Å². The summed E-state index contributed by atoms with van der Waals surface area (Å²) in [5, 5.41) is 10.8. The first-order valence-corrected chi connectivity index (χ1v) is 9.27. The van der Waals surface area contributed by atoms with Gasteiger partial charge < -0.3 is 5.11 Å². The van der Waals surface area contributed by atoms with Gasteiger partial charge in [-0.3, -0.25) is 0 Å². The summed E-state index contributed by atoms with van der Waals surface area (Å²) in [6.07, 6.45) is 3.97. The topological polar surface area (TPSA) is 57.6 Å². The summed E-state index contributed by atoms with van der Waals surface area (Å²) in [4.78, 5) is 0. The Kier molecular flexibility index (Phi) is 5.42. The number of aliphatic hydroxyl groups is 1. The molecule has 1 fully saturated rings. The van der Waals surface area contributed by atoms with Crippen LogP contribution in [0.1, 0.15) is 37.3 Å². The van der Waals surface area contributed by atoms with Crippen molar-refractivity contribution in [3.63, 3.8) is 0 Å². The van der Waals surface area contributed by atoms with E-state index in [1.807, 2.05) is 31.2 Å². The molecule has 0 aromatic heterocycles. The van der Waals surface area contributed by atoms with Crippen molar-refractivity contribution in [3.05, 3.63) is 40.8 Å². The lowest BCUT2D eigenvalue weighted by Gasteiger charge is -2.39. The Morgan fingerprint density at radius 1 is 1.23 bits per heavy atom. The van der Waals surface area contributed by atoms with Gasteiger partial charge in [0.1, 0.15) is 0 Å². The van der Waals surface area contributed by atoms with Gasteiger partial charge in [-0.15, -0.1) is 0 Å². The standard InChI is InChI=1S/C17H25NO3S/c1-3-17(14-19)9-11-18(12-10-17)22(20,21)13-8-16-6-4-15(2)5-7-16/h4-8,13,19H,3,9-12,14H2,1-2H3/b13-8+. The molecule has 122 valence electrons. The van der Waals surface area contributed by atoms with Gasteiger partial charge >= 0.3 is 0 Å². The van der Waals surface area contributed by atoms with Crippen LogP contribution in [0.5, 0.6) is 0 Å². The van der Waals surface area contributed by atoms with Crippen molar-refractivity contribution in [1.29, 1.82) is 0 Å². The molecule has 0 aliphatic carbocycles. The zero-order valence-electron chi connectivity index (χ0n) is 13.3. The summed E-state index contributed by atoms with van der Waals surface area (Å²) in [6, 6.07) is 7.74. The fourth-order valence-electron chi connectivity index (χ4n) is 2.77. The number of piperidine rings is 1. The third kappa shape index (κ3) is 3.97. The molecule has 0 amide bonds. The maximum atomic E-state index is 12.4. The number of hydrogen-bond acceptors (Lipinski definition) is 3. The number of aryl methyl sites for hydroxylation is 1. The lowest BCUT2D eigenvalue weighted by Crippen LogP contribution is -2.43. The fraction of sp³-hybridized carbons (Fsp3) is 0.529. The molecule has 2 rings (SSSR count). The minimum Gasteiger partial charge on any atom is -0.396 e. The zero-order chi connectivity index (χ0) is 16.2. The van der Waals surface area contributed by atoms with Crippen LogP contribution in [-0.4, -0.2) is 37.5 Å². The van der Waals surface area contributed by atoms with Gasteiger partial charge in [-0.1, -0.05) is 36.8 Å². The van der Waals surface area contributed by atoms with Crippen LogP contribution in [0, 0.1) is 12.3 Å². The van der Waals surface area contributed by atoms with E-state index >= 15 is 0 Å². The maximum absolute atomic E-state index is 12.4. The van der Waals surface area contributed by atoms with Crippen molar-refractivity contribution in [2.45, 2.75) is 33.1 Å². The van der Waals surface area contributed by atoms with Crippen molar-refractivity contribution in [2.24, 2.45) is 5.41 Å². The minimum absolute atomic E-state index is 0.104. The average molecular weight is 323 g/mol. The number of hydrogen-bond donors (Lipinski definition) is 1. The largest absolute Gasteiger partial charge is 0.396 e. The third-order valence-electron chi connectivity index (χ3n) is 4.74. The van der Waals surface area contributed by atoms with Gasteiger partial charge in [0.25, 0.3) is 0 Å². The van der Waals surface area contributed by atoms with E-state index in [1.54, 1.807) is 6.08 Å². The molecule has 5 heteroatoms. The van der Waals surface area contributed by atoms with E-state index < -0.39 is 10.0 Å². The van der Waals surface area contributed by atoms with Crippen LogP contribution in [-0.2, 0) is 10.0 Å². The van der Waals surface area contributed by atoms with Crippen LogP contribution < -0.4 is 0 Å². The second-order valence-electron chi connectivity index (χ2n) is 6.17. The van der Waals surface area contributed by atoms with Crippen LogP contribution in [0.4, 0.5) is 0 Å².